The molecule has 0 spiro atoms. The zero-order valence-corrected chi connectivity index (χ0v) is 10.3. The number of rotatable bonds is 4. The molecular weight excluding hydrogens is 230 g/mol. The molecule has 0 radical (unpaired) electrons. The van der Waals surface area contributed by atoms with Gasteiger partial charge in [-0.1, -0.05) is 6.07 Å². The largest absolute Gasteiger partial charge is 0.497 e. The number of hydrogen-bond acceptors (Lipinski definition) is 4. The van der Waals surface area contributed by atoms with Gasteiger partial charge in [-0.3, -0.25) is 0 Å². The molecule has 2 aromatic rings. The maximum atomic E-state index is 9.64. The third-order valence-corrected chi connectivity index (χ3v) is 2.51. The quantitative estimate of drug-likeness (QED) is 0.899. The van der Waals surface area contributed by atoms with Gasteiger partial charge in [0.15, 0.2) is 0 Å². The van der Waals surface area contributed by atoms with Crippen LogP contribution in [-0.2, 0) is 0 Å². The van der Waals surface area contributed by atoms with E-state index in [-0.39, 0.29) is 0 Å². The Labute approximate surface area is 106 Å². The Morgan fingerprint density at radius 3 is 2.67 bits per heavy atom. The van der Waals surface area contributed by atoms with Crippen molar-refractivity contribution in [1.82, 2.24) is 4.98 Å². The minimum Gasteiger partial charge on any atom is -0.497 e. The zero-order valence-electron chi connectivity index (χ0n) is 10.3. The second-order valence-corrected chi connectivity index (χ2v) is 3.85. The van der Waals surface area contributed by atoms with Crippen molar-refractivity contribution >= 4 is 0 Å². The Hall–Kier alpha value is -2.07. The molecule has 0 saturated heterocycles. The van der Waals surface area contributed by atoms with Crippen LogP contribution in [0.4, 0.5) is 0 Å². The minimum absolute atomic E-state index is 0.403. The van der Waals surface area contributed by atoms with E-state index in [2.05, 4.69) is 4.98 Å². The lowest BCUT2D eigenvalue weighted by Gasteiger charge is -2.12. The van der Waals surface area contributed by atoms with E-state index in [9.17, 15) is 5.11 Å². The lowest BCUT2D eigenvalue weighted by Crippen LogP contribution is -1.98. The Balaban J connectivity index is 2.28. The SMILES string of the molecule is COc1cccc(Oc2ncccc2[C@@H](C)O)c1. The van der Waals surface area contributed by atoms with Crippen LogP contribution in [0.5, 0.6) is 17.4 Å². The monoisotopic (exact) mass is 245 g/mol. The summed E-state index contributed by atoms with van der Waals surface area (Å²) in [6, 6.07) is 10.8. The summed E-state index contributed by atoms with van der Waals surface area (Å²) in [6.45, 7) is 1.68. The summed E-state index contributed by atoms with van der Waals surface area (Å²) in [5.41, 5.74) is 0.653. The van der Waals surface area contributed by atoms with Gasteiger partial charge < -0.3 is 14.6 Å². The number of nitrogens with zero attached hydrogens (tertiary/aromatic N) is 1. The highest BCUT2D eigenvalue weighted by Crippen LogP contribution is 2.28. The van der Waals surface area contributed by atoms with Gasteiger partial charge >= 0.3 is 0 Å². The van der Waals surface area contributed by atoms with Gasteiger partial charge in [0, 0.05) is 17.8 Å². The lowest BCUT2D eigenvalue weighted by atomic mass is 10.2. The van der Waals surface area contributed by atoms with Gasteiger partial charge in [0.1, 0.15) is 11.5 Å². The van der Waals surface area contributed by atoms with E-state index in [1.807, 2.05) is 18.2 Å². The first-order valence-electron chi connectivity index (χ1n) is 5.65. The Bertz CT molecular complexity index is 526. The fourth-order valence-corrected chi connectivity index (χ4v) is 1.58. The number of aliphatic hydroxyl groups is 1. The number of methoxy groups -OCH3 is 1. The minimum atomic E-state index is -0.626. The maximum absolute atomic E-state index is 9.64. The smallest absolute Gasteiger partial charge is 0.225 e. The van der Waals surface area contributed by atoms with Crippen LogP contribution < -0.4 is 9.47 Å². The molecule has 18 heavy (non-hydrogen) atoms. The van der Waals surface area contributed by atoms with Gasteiger partial charge in [-0.15, -0.1) is 0 Å². The highest BCUT2D eigenvalue weighted by atomic mass is 16.5. The van der Waals surface area contributed by atoms with Gasteiger partial charge in [0.25, 0.3) is 0 Å². The molecule has 4 nitrogen and oxygen atoms in total. The number of aromatic nitrogens is 1. The lowest BCUT2D eigenvalue weighted by molar-refractivity contribution is 0.194. The van der Waals surface area contributed by atoms with Crippen LogP contribution in [0.2, 0.25) is 0 Å². The summed E-state index contributed by atoms with van der Waals surface area (Å²) in [5, 5.41) is 9.64. The predicted octanol–water partition coefficient (Wildman–Crippen LogP) is 2.94. The molecule has 0 aliphatic heterocycles. The van der Waals surface area contributed by atoms with E-state index in [0.717, 1.165) is 0 Å². The molecule has 0 saturated carbocycles. The average molecular weight is 245 g/mol. The zero-order chi connectivity index (χ0) is 13.0. The Kier molecular flexibility index (Phi) is 3.79. The third kappa shape index (κ3) is 2.78. The summed E-state index contributed by atoms with van der Waals surface area (Å²) >= 11 is 0. The number of benzene rings is 1. The topological polar surface area (TPSA) is 51.6 Å². The van der Waals surface area contributed by atoms with Crippen LogP contribution in [0.3, 0.4) is 0 Å². The molecule has 2 rings (SSSR count). The molecule has 0 fully saturated rings. The standard InChI is InChI=1S/C14H15NO3/c1-10(16)13-7-4-8-15-14(13)18-12-6-3-5-11(9-12)17-2/h3-10,16H,1-2H3/t10-/m1/s1. The number of pyridine rings is 1. The first kappa shape index (κ1) is 12.4. The summed E-state index contributed by atoms with van der Waals surface area (Å²) < 4.78 is 10.8. The highest BCUT2D eigenvalue weighted by molar-refractivity contribution is 5.37. The molecule has 0 aliphatic rings. The molecule has 1 heterocycles. The molecule has 1 atom stereocenters. The third-order valence-electron chi connectivity index (χ3n) is 2.51. The van der Waals surface area contributed by atoms with Crippen LogP contribution >= 0.6 is 0 Å². The van der Waals surface area contributed by atoms with Crippen molar-refractivity contribution < 1.29 is 14.6 Å². The average Bonchev–Trinajstić information content (AvgIpc) is 2.39. The maximum Gasteiger partial charge on any atom is 0.225 e. The van der Waals surface area contributed by atoms with Gasteiger partial charge in [-0.2, -0.15) is 0 Å². The highest BCUT2D eigenvalue weighted by Gasteiger charge is 2.10. The van der Waals surface area contributed by atoms with Crippen molar-refractivity contribution in [3.63, 3.8) is 0 Å². The predicted molar refractivity (Wildman–Crippen MR) is 67.9 cm³/mol. The summed E-state index contributed by atoms with van der Waals surface area (Å²) in [6.07, 6.45) is 1.00. The number of ether oxygens (including phenoxy) is 2. The molecule has 94 valence electrons. The molecule has 1 aromatic carbocycles. The molecule has 0 bridgehead atoms. The van der Waals surface area contributed by atoms with Crippen LogP contribution in [0, 0.1) is 0 Å². The van der Waals surface area contributed by atoms with Crippen LogP contribution in [0.15, 0.2) is 42.6 Å². The van der Waals surface area contributed by atoms with Gasteiger partial charge in [-0.05, 0) is 31.2 Å². The van der Waals surface area contributed by atoms with E-state index in [1.54, 1.807) is 38.4 Å². The molecular formula is C14H15NO3. The van der Waals surface area contributed by atoms with Crippen molar-refractivity contribution in [3.05, 3.63) is 48.2 Å². The molecule has 0 amide bonds. The molecule has 0 aliphatic carbocycles. The van der Waals surface area contributed by atoms with Gasteiger partial charge in [0.05, 0.1) is 13.2 Å². The molecule has 1 N–H and O–H groups in total. The number of aliphatic hydroxyl groups excluding tert-OH is 1. The van der Waals surface area contributed by atoms with Gasteiger partial charge in [0.2, 0.25) is 5.88 Å². The summed E-state index contributed by atoms with van der Waals surface area (Å²) in [5.74, 6) is 1.73. The fourth-order valence-electron chi connectivity index (χ4n) is 1.58. The second-order valence-electron chi connectivity index (χ2n) is 3.85. The van der Waals surface area contributed by atoms with Crippen molar-refractivity contribution in [2.45, 2.75) is 13.0 Å². The Morgan fingerprint density at radius 1 is 1.17 bits per heavy atom. The first-order valence-corrected chi connectivity index (χ1v) is 5.65. The van der Waals surface area contributed by atoms with Crippen molar-refractivity contribution in [1.29, 1.82) is 0 Å². The normalized spacial score (nSPS) is 11.9. The molecule has 4 heteroatoms. The summed E-state index contributed by atoms with van der Waals surface area (Å²) in [7, 11) is 1.60. The van der Waals surface area contributed by atoms with Crippen LogP contribution in [-0.4, -0.2) is 17.2 Å². The van der Waals surface area contributed by atoms with E-state index in [0.29, 0.717) is 22.9 Å². The van der Waals surface area contributed by atoms with E-state index in [1.165, 1.54) is 0 Å². The summed E-state index contributed by atoms with van der Waals surface area (Å²) in [4.78, 5) is 4.13. The first-order chi connectivity index (χ1) is 8.70. The number of hydrogen-bond donors (Lipinski definition) is 1. The van der Waals surface area contributed by atoms with Gasteiger partial charge in [-0.25, -0.2) is 4.98 Å². The van der Waals surface area contributed by atoms with Crippen LogP contribution in [0.25, 0.3) is 0 Å². The van der Waals surface area contributed by atoms with Crippen molar-refractivity contribution in [2.75, 3.05) is 7.11 Å². The fraction of sp³-hybridized carbons (Fsp3) is 0.214. The molecule has 0 unspecified atom stereocenters. The molecule has 1 aromatic heterocycles. The Morgan fingerprint density at radius 2 is 1.94 bits per heavy atom. The van der Waals surface area contributed by atoms with Crippen molar-refractivity contribution in [2.24, 2.45) is 0 Å². The van der Waals surface area contributed by atoms with E-state index < -0.39 is 6.10 Å². The van der Waals surface area contributed by atoms with Crippen molar-refractivity contribution in [3.8, 4) is 17.4 Å². The van der Waals surface area contributed by atoms with E-state index in [4.69, 9.17) is 9.47 Å². The van der Waals surface area contributed by atoms with Crippen LogP contribution in [0.1, 0.15) is 18.6 Å². The van der Waals surface area contributed by atoms with E-state index >= 15 is 0 Å². The second kappa shape index (κ2) is 5.51.